The fraction of sp³-hybridized carbons (Fsp3) is 0.429. The number of carbonyl (C=O) groups excluding carboxylic acids is 2. The Hall–Kier alpha value is -1.53. The van der Waals surface area contributed by atoms with Crippen molar-refractivity contribution in [3.63, 3.8) is 0 Å². The van der Waals surface area contributed by atoms with E-state index in [1.807, 2.05) is 30.5 Å². The van der Waals surface area contributed by atoms with Gasteiger partial charge in [-0.15, -0.1) is 11.8 Å². The zero-order valence-electron chi connectivity index (χ0n) is 11.0. The van der Waals surface area contributed by atoms with Crippen molar-refractivity contribution >= 4 is 29.4 Å². The van der Waals surface area contributed by atoms with Crippen molar-refractivity contribution in [2.45, 2.75) is 23.0 Å². The van der Waals surface area contributed by atoms with Gasteiger partial charge in [-0.05, 0) is 24.5 Å². The highest BCUT2D eigenvalue weighted by Gasteiger charge is 2.66. The molecule has 104 valence electrons. The molecular weight excluding hydrogens is 276 g/mol. The van der Waals surface area contributed by atoms with Gasteiger partial charge < -0.3 is 9.64 Å². The van der Waals surface area contributed by atoms with Crippen LogP contribution in [0.25, 0.3) is 0 Å². The van der Waals surface area contributed by atoms with Crippen LogP contribution in [0.3, 0.4) is 0 Å². The quantitative estimate of drug-likeness (QED) is 0.615. The van der Waals surface area contributed by atoms with Gasteiger partial charge in [0.05, 0.1) is 18.4 Å². The van der Waals surface area contributed by atoms with Crippen LogP contribution < -0.4 is 4.90 Å². The molecule has 1 aromatic rings. The molecule has 3 aliphatic rings. The van der Waals surface area contributed by atoms with E-state index in [2.05, 4.69) is 0 Å². The number of ether oxygens (including phenoxy) is 1. The highest BCUT2D eigenvalue weighted by molar-refractivity contribution is 7.98. The van der Waals surface area contributed by atoms with Crippen LogP contribution in [0.15, 0.2) is 29.2 Å². The number of urea groups is 1. The van der Waals surface area contributed by atoms with Crippen LogP contribution in [-0.2, 0) is 9.53 Å². The summed E-state index contributed by atoms with van der Waals surface area (Å²) in [5, 5.41) is 0. The molecular formula is C14H14N2O3S. The lowest BCUT2D eigenvalue weighted by atomic mass is 9.99. The van der Waals surface area contributed by atoms with E-state index in [0.717, 1.165) is 4.90 Å². The maximum atomic E-state index is 12.8. The van der Waals surface area contributed by atoms with Crippen molar-refractivity contribution < 1.29 is 14.3 Å². The molecule has 1 aromatic carbocycles. The molecule has 3 saturated heterocycles. The van der Waals surface area contributed by atoms with Gasteiger partial charge in [-0.2, -0.15) is 0 Å². The van der Waals surface area contributed by atoms with E-state index in [4.69, 9.17) is 4.74 Å². The van der Waals surface area contributed by atoms with Crippen molar-refractivity contribution in [3.05, 3.63) is 24.3 Å². The molecule has 2 bridgehead atoms. The van der Waals surface area contributed by atoms with Gasteiger partial charge in [0.15, 0.2) is 0 Å². The van der Waals surface area contributed by atoms with Crippen LogP contribution >= 0.6 is 11.8 Å². The smallest absolute Gasteiger partial charge is 0.332 e. The molecule has 3 aliphatic heterocycles. The lowest BCUT2D eigenvalue weighted by molar-refractivity contribution is -0.125. The monoisotopic (exact) mass is 290 g/mol. The summed E-state index contributed by atoms with van der Waals surface area (Å²) >= 11 is 1.59. The summed E-state index contributed by atoms with van der Waals surface area (Å²) in [6, 6.07) is 7.32. The minimum Gasteiger partial charge on any atom is -0.373 e. The summed E-state index contributed by atoms with van der Waals surface area (Å²) < 4.78 is 5.56. The zero-order chi connectivity index (χ0) is 13.9. The highest BCUT2D eigenvalue weighted by atomic mass is 32.2. The van der Waals surface area contributed by atoms with E-state index in [-0.39, 0.29) is 18.0 Å². The molecule has 0 radical (unpaired) electrons. The number of benzene rings is 1. The van der Waals surface area contributed by atoms with Crippen LogP contribution in [0.1, 0.15) is 6.42 Å². The lowest BCUT2D eigenvalue weighted by Crippen LogP contribution is -2.48. The molecule has 0 saturated carbocycles. The number of hydrogen-bond donors (Lipinski definition) is 0. The second kappa shape index (κ2) is 3.99. The van der Waals surface area contributed by atoms with E-state index in [1.54, 1.807) is 16.7 Å². The minimum atomic E-state index is -0.739. The molecule has 0 N–H and O–H groups in total. The Kier molecular flexibility index (Phi) is 2.44. The Morgan fingerprint density at radius 2 is 2.25 bits per heavy atom. The van der Waals surface area contributed by atoms with Gasteiger partial charge in [0.2, 0.25) is 0 Å². The number of anilines is 1. The van der Waals surface area contributed by atoms with Gasteiger partial charge in [-0.3, -0.25) is 4.79 Å². The number of fused-ring (bicyclic) bond motifs is 1. The standard InChI is InChI=1S/C14H14N2O3S/c1-20-11-4-2-3-9(5-11)16-12(17)14-6-10(19-8-14)7-15(14)13(16)18/h2-5,10H,6-8H2,1H3. The number of imide groups is 1. The van der Waals surface area contributed by atoms with E-state index < -0.39 is 5.54 Å². The van der Waals surface area contributed by atoms with Crippen molar-refractivity contribution in [1.82, 2.24) is 4.90 Å². The van der Waals surface area contributed by atoms with Gasteiger partial charge in [0.25, 0.3) is 5.91 Å². The van der Waals surface area contributed by atoms with Gasteiger partial charge in [-0.25, -0.2) is 9.69 Å². The molecule has 0 aliphatic carbocycles. The van der Waals surface area contributed by atoms with Crippen molar-refractivity contribution in [2.24, 2.45) is 0 Å². The van der Waals surface area contributed by atoms with Gasteiger partial charge in [0.1, 0.15) is 5.54 Å². The average Bonchev–Trinajstić information content (AvgIpc) is 3.11. The largest absolute Gasteiger partial charge is 0.373 e. The normalized spacial score (nSPS) is 31.4. The number of amides is 3. The third-order valence-corrected chi connectivity index (χ3v) is 5.09. The molecule has 3 fully saturated rings. The zero-order valence-corrected chi connectivity index (χ0v) is 11.9. The predicted molar refractivity (Wildman–Crippen MR) is 74.9 cm³/mol. The van der Waals surface area contributed by atoms with E-state index >= 15 is 0 Å². The lowest BCUT2D eigenvalue weighted by Gasteiger charge is -2.27. The summed E-state index contributed by atoms with van der Waals surface area (Å²) in [4.78, 5) is 29.3. The maximum Gasteiger partial charge on any atom is 0.332 e. The minimum absolute atomic E-state index is 0.0302. The Balaban J connectivity index is 1.76. The molecule has 5 nitrogen and oxygen atoms in total. The van der Waals surface area contributed by atoms with Gasteiger partial charge >= 0.3 is 6.03 Å². The van der Waals surface area contributed by atoms with Gasteiger partial charge in [-0.1, -0.05) is 6.07 Å². The molecule has 20 heavy (non-hydrogen) atoms. The maximum absolute atomic E-state index is 12.8. The van der Waals surface area contributed by atoms with E-state index in [9.17, 15) is 9.59 Å². The van der Waals surface area contributed by atoms with Crippen molar-refractivity contribution in [1.29, 1.82) is 0 Å². The third-order valence-electron chi connectivity index (χ3n) is 4.36. The number of nitrogens with zero attached hydrogens (tertiary/aromatic N) is 2. The Morgan fingerprint density at radius 1 is 1.40 bits per heavy atom. The molecule has 3 amide bonds. The number of hydrogen-bond acceptors (Lipinski definition) is 4. The molecule has 6 heteroatoms. The first-order chi connectivity index (χ1) is 9.65. The number of thioether (sulfide) groups is 1. The van der Waals surface area contributed by atoms with Crippen LogP contribution in [0, 0.1) is 0 Å². The number of morpholine rings is 1. The Bertz CT molecular complexity index is 620. The highest BCUT2D eigenvalue weighted by Crippen LogP contribution is 2.45. The molecule has 3 heterocycles. The first kappa shape index (κ1) is 12.2. The Morgan fingerprint density at radius 3 is 2.95 bits per heavy atom. The fourth-order valence-electron chi connectivity index (χ4n) is 3.35. The van der Waals surface area contributed by atoms with Crippen LogP contribution in [0.2, 0.25) is 0 Å². The number of rotatable bonds is 2. The summed E-state index contributed by atoms with van der Waals surface area (Å²) in [6.07, 6.45) is 2.64. The van der Waals surface area contributed by atoms with Crippen LogP contribution in [0.5, 0.6) is 0 Å². The topological polar surface area (TPSA) is 49.9 Å². The molecule has 0 aromatic heterocycles. The third kappa shape index (κ3) is 1.38. The SMILES string of the molecule is CSc1cccc(N2C(=O)N3CC4CC3(CO4)C2=O)c1. The predicted octanol–water partition coefficient (Wildman–Crippen LogP) is 1.72. The summed E-state index contributed by atoms with van der Waals surface area (Å²) in [6.45, 7) is 0.865. The van der Waals surface area contributed by atoms with Crippen molar-refractivity contribution in [2.75, 3.05) is 24.3 Å². The van der Waals surface area contributed by atoms with Crippen molar-refractivity contribution in [3.8, 4) is 0 Å². The Labute approximate surface area is 120 Å². The van der Waals surface area contributed by atoms with Crippen LogP contribution in [-0.4, -0.2) is 47.9 Å². The summed E-state index contributed by atoms with van der Waals surface area (Å²) in [5.74, 6) is -0.138. The average molecular weight is 290 g/mol. The van der Waals surface area contributed by atoms with E-state index in [0.29, 0.717) is 25.3 Å². The molecule has 4 rings (SSSR count). The molecule has 2 atom stereocenters. The molecule has 1 spiro atoms. The summed E-state index contributed by atoms with van der Waals surface area (Å²) in [7, 11) is 0. The molecule has 2 unspecified atom stereocenters. The number of carbonyl (C=O) groups is 2. The van der Waals surface area contributed by atoms with Gasteiger partial charge in [0, 0.05) is 17.9 Å². The second-order valence-electron chi connectivity index (χ2n) is 5.40. The second-order valence-corrected chi connectivity index (χ2v) is 6.28. The van der Waals surface area contributed by atoms with Crippen LogP contribution in [0.4, 0.5) is 10.5 Å². The fourth-order valence-corrected chi connectivity index (χ4v) is 3.81. The van der Waals surface area contributed by atoms with E-state index in [1.165, 1.54) is 4.90 Å². The first-order valence-electron chi connectivity index (χ1n) is 6.57. The summed E-state index contributed by atoms with van der Waals surface area (Å²) in [5.41, 5.74) is -0.0871. The first-order valence-corrected chi connectivity index (χ1v) is 7.80.